The zero-order valence-electron chi connectivity index (χ0n) is 9.29. The van der Waals surface area contributed by atoms with Crippen LogP contribution >= 0.6 is 0 Å². The highest BCUT2D eigenvalue weighted by Crippen LogP contribution is 2.18. The van der Waals surface area contributed by atoms with Crippen molar-refractivity contribution in [3.63, 3.8) is 0 Å². The summed E-state index contributed by atoms with van der Waals surface area (Å²) in [6, 6.07) is 0.443. The van der Waals surface area contributed by atoms with E-state index in [4.69, 9.17) is 5.11 Å². The van der Waals surface area contributed by atoms with E-state index in [1.165, 1.54) is 0 Å². The van der Waals surface area contributed by atoms with Gasteiger partial charge in [0.2, 0.25) is 0 Å². The molecule has 0 aromatic rings. The van der Waals surface area contributed by atoms with E-state index in [1.807, 2.05) is 7.05 Å². The molecule has 13 heavy (non-hydrogen) atoms. The van der Waals surface area contributed by atoms with Gasteiger partial charge in [-0.05, 0) is 34.2 Å². The molecule has 78 valence electrons. The SMILES string of the molecule is CCC(C)N(C)CC(C)(C)C(=O)O. The molecule has 0 aliphatic heterocycles. The van der Waals surface area contributed by atoms with Crippen molar-refractivity contribution in [3.05, 3.63) is 0 Å². The maximum Gasteiger partial charge on any atom is 0.310 e. The molecule has 0 bridgehead atoms. The summed E-state index contributed by atoms with van der Waals surface area (Å²) in [5.74, 6) is -0.734. The summed E-state index contributed by atoms with van der Waals surface area (Å²) in [5, 5.41) is 8.92. The minimum atomic E-state index is -0.734. The third-order valence-electron chi connectivity index (χ3n) is 2.57. The van der Waals surface area contributed by atoms with E-state index in [1.54, 1.807) is 13.8 Å². The van der Waals surface area contributed by atoms with E-state index in [0.29, 0.717) is 12.6 Å². The van der Waals surface area contributed by atoms with Gasteiger partial charge in [0.15, 0.2) is 0 Å². The highest BCUT2D eigenvalue weighted by molar-refractivity contribution is 5.73. The number of nitrogens with zero attached hydrogens (tertiary/aromatic N) is 1. The van der Waals surface area contributed by atoms with Crippen LogP contribution in [-0.4, -0.2) is 35.6 Å². The number of aliphatic carboxylic acids is 1. The second-order valence-corrected chi connectivity index (χ2v) is 4.36. The number of rotatable bonds is 5. The van der Waals surface area contributed by atoms with Gasteiger partial charge in [0.05, 0.1) is 5.41 Å². The molecule has 0 aliphatic carbocycles. The van der Waals surface area contributed by atoms with Crippen LogP contribution in [0.15, 0.2) is 0 Å². The first-order valence-electron chi connectivity index (χ1n) is 4.75. The molecule has 3 heteroatoms. The van der Waals surface area contributed by atoms with E-state index >= 15 is 0 Å². The smallest absolute Gasteiger partial charge is 0.310 e. The third kappa shape index (κ3) is 3.77. The van der Waals surface area contributed by atoms with Gasteiger partial charge in [-0.2, -0.15) is 0 Å². The fraction of sp³-hybridized carbons (Fsp3) is 0.900. The van der Waals surface area contributed by atoms with Gasteiger partial charge < -0.3 is 10.0 Å². The number of hydrogen-bond acceptors (Lipinski definition) is 2. The molecule has 1 unspecified atom stereocenters. The van der Waals surface area contributed by atoms with Crippen LogP contribution in [0.1, 0.15) is 34.1 Å². The van der Waals surface area contributed by atoms with Crippen molar-refractivity contribution in [2.75, 3.05) is 13.6 Å². The van der Waals surface area contributed by atoms with Gasteiger partial charge in [-0.15, -0.1) is 0 Å². The lowest BCUT2D eigenvalue weighted by Crippen LogP contribution is -2.41. The summed E-state index contributed by atoms with van der Waals surface area (Å²) in [7, 11) is 1.97. The fourth-order valence-electron chi connectivity index (χ4n) is 1.16. The van der Waals surface area contributed by atoms with Crippen LogP contribution in [-0.2, 0) is 4.79 Å². The Morgan fingerprint density at radius 1 is 1.54 bits per heavy atom. The summed E-state index contributed by atoms with van der Waals surface area (Å²) in [6.07, 6.45) is 1.05. The number of carboxylic acid groups (broad SMARTS) is 1. The van der Waals surface area contributed by atoms with E-state index in [2.05, 4.69) is 18.7 Å². The Morgan fingerprint density at radius 3 is 2.31 bits per heavy atom. The molecule has 0 saturated heterocycles. The summed E-state index contributed by atoms with van der Waals surface area (Å²) in [5.41, 5.74) is -0.655. The number of carbonyl (C=O) groups is 1. The average molecular weight is 187 g/mol. The highest BCUT2D eigenvalue weighted by Gasteiger charge is 2.29. The zero-order valence-corrected chi connectivity index (χ0v) is 9.29. The first kappa shape index (κ1) is 12.4. The van der Waals surface area contributed by atoms with Crippen molar-refractivity contribution < 1.29 is 9.90 Å². The minimum absolute atomic E-state index is 0.443. The standard InChI is InChI=1S/C10H21NO2/c1-6-8(2)11(5)7-10(3,4)9(12)13/h8H,6-7H2,1-5H3,(H,12,13). The molecule has 0 aromatic heterocycles. The van der Waals surface area contributed by atoms with Crippen LogP contribution < -0.4 is 0 Å². The highest BCUT2D eigenvalue weighted by atomic mass is 16.4. The lowest BCUT2D eigenvalue weighted by molar-refractivity contribution is -0.148. The molecule has 0 saturated carbocycles. The summed E-state index contributed by atoms with van der Waals surface area (Å²) in [4.78, 5) is 12.9. The molecule has 3 nitrogen and oxygen atoms in total. The third-order valence-corrected chi connectivity index (χ3v) is 2.57. The van der Waals surface area contributed by atoms with Gasteiger partial charge in [0.1, 0.15) is 0 Å². The Bertz CT molecular complexity index is 178. The van der Waals surface area contributed by atoms with E-state index in [-0.39, 0.29) is 0 Å². The molecule has 0 fully saturated rings. The largest absolute Gasteiger partial charge is 0.481 e. The molecule has 1 N–H and O–H groups in total. The van der Waals surface area contributed by atoms with Crippen molar-refractivity contribution in [3.8, 4) is 0 Å². The summed E-state index contributed by atoms with van der Waals surface area (Å²) in [6.45, 7) is 8.33. The number of hydrogen-bond donors (Lipinski definition) is 1. The molecular formula is C10H21NO2. The molecule has 0 aliphatic rings. The monoisotopic (exact) mass is 187 g/mol. The quantitative estimate of drug-likeness (QED) is 0.713. The Labute approximate surface area is 80.7 Å². The Kier molecular flexibility index (Phi) is 4.40. The normalized spacial score (nSPS) is 14.6. The van der Waals surface area contributed by atoms with Crippen LogP contribution in [0.5, 0.6) is 0 Å². The molecule has 1 atom stereocenters. The second-order valence-electron chi connectivity index (χ2n) is 4.36. The van der Waals surface area contributed by atoms with Crippen LogP contribution in [0, 0.1) is 5.41 Å². The van der Waals surface area contributed by atoms with Crippen molar-refractivity contribution in [2.45, 2.75) is 40.2 Å². The molecule has 0 heterocycles. The van der Waals surface area contributed by atoms with Crippen LogP contribution in [0.4, 0.5) is 0 Å². The Hall–Kier alpha value is -0.570. The van der Waals surface area contributed by atoms with Gasteiger partial charge in [-0.3, -0.25) is 4.79 Å². The molecule has 0 rings (SSSR count). The summed E-state index contributed by atoms with van der Waals surface area (Å²) < 4.78 is 0. The summed E-state index contributed by atoms with van der Waals surface area (Å²) >= 11 is 0. The van der Waals surface area contributed by atoms with E-state index < -0.39 is 11.4 Å². The van der Waals surface area contributed by atoms with Crippen molar-refractivity contribution in [1.29, 1.82) is 0 Å². The fourth-order valence-corrected chi connectivity index (χ4v) is 1.16. The van der Waals surface area contributed by atoms with E-state index in [9.17, 15) is 4.79 Å². The predicted octanol–water partition coefficient (Wildman–Crippen LogP) is 1.83. The first-order valence-corrected chi connectivity index (χ1v) is 4.75. The Balaban J connectivity index is 4.19. The van der Waals surface area contributed by atoms with Crippen molar-refractivity contribution in [2.24, 2.45) is 5.41 Å². The van der Waals surface area contributed by atoms with Crippen molar-refractivity contribution in [1.82, 2.24) is 4.90 Å². The molecule has 0 amide bonds. The minimum Gasteiger partial charge on any atom is -0.481 e. The maximum atomic E-state index is 10.8. The Morgan fingerprint density at radius 2 is 2.00 bits per heavy atom. The second kappa shape index (κ2) is 4.61. The van der Waals surface area contributed by atoms with Crippen molar-refractivity contribution >= 4 is 5.97 Å². The first-order chi connectivity index (χ1) is 5.81. The zero-order chi connectivity index (χ0) is 10.6. The van der Waals surface area contributed by atoms with E-state index in [0.717, 1.165) is 6.42 Å². The molecule has 0 spiro atoms. The van der Waals surface area contributed by atoms with Gasteiger partial charge >= 0.3 is 5.97 Å². The molecule has 0 aromatic carbocycles. The van der Waals surface area contributed by atoms with Gasteiger partial charge in [0.25, 0.3) is 0 Å². The lowest BCUT2D eigenvalue weighted by Gasteiger charge is -2.30. The molecular weight excluding hydrogens is 166 g/mol. The average Bonchev–Trinajstić information content (AvgIpc) is 2.01. The van der Waals surface area contributed by atoms with Crippen LogP contribution in [0.3, 0.4) is 0 Å². The topological polar surface area (TPSA) is 40.5 Å². The molecule has 0 radical (unpaired) electrons. The van der Waals surface area contributed by atoms with Gasteiger partial charge in [0, 0.05) is 12.6 Å². The predicted molar refractivity (Wildman–Crippen MR) is 53.8 cm³/mol. The van der Waals surface area contributed by atoms with Crippen LogP contribution in [0.2, 0.25) is 0 Å². The van der Waals surface area contributed by atoms with Gasteiger partial charge in [-0.25, -0.2) is 0 Å². The van der Waals surface area contributed by atoms with Gasteiger partial charge in [-0.1, -0.05) is 6.92 Å². The maximum absolute atomic E-state index is 10.8. The lowest BCUT2D eigenvalue weighted by atomic mass is 9.92. The number of carboxylic acids is 1. The van der Waals surface area contributed by atoms with Crippen LogP contribution in [0.25, 0.3) is 0 Å².